The normalized spacial score (nSPS) is 10.4. The van der Waals surface area contributed by atoms with Crippen LogP contribution in [0.5, 0.6) is 0 Å². The molecule has 0 aliphatic carbocycles. The fraction of sp³-hybridized carbons (Fsp3) is 0.917. The predicted octanol–water partition coefficient (Wildman–Crippen LogP) is 0.997. The molecule has 0 radical (unpaired) electrons. The standard InChI is InChI=1S/C12H26N2O2/c1-3-5-6-7-8-14(9-10-15)12(16)11-13-4-2/h13,15H,3-11H2,1-2H3. The van der Waals surface area contributed by atoms with Gasteiger partial charge in [0.05, 0.1) is 13.2 Å². The average molecular weight is 230 g/mol. The zero-order valence-electron chi connectivity index (χ0n) is 10.7. The van der Waals surface area contributed by atoms with Gasteiger partial charge in [-0.2, -0.15) is 0 Å². The third kappa shape index (κ3) is 7.65. The van der Waals surface area contributed by atoms with Crippen molar-refractivity contribution in [3.8, 4) is 0 Å². The molecular weight excluding hydrogens is 204 g/mol. The Morgan fingerprint density at radius 1 is 1.19 bits per heavy atom. The van der Waals surface area contributed by atoms with E-state index < -0.39 is 0 Å². The maximum atomic E-state index is 11.7. The van der Waals surface area contributed by atoms with Crippen LogP contribution < -0.4 is 5.32 Å². The van der Waals surface area contributed by atoms with E-state index in [1.165, 1.54) is 12.8 Å². The lowest BCUT2D eigenvalue weighted by atomic mass is 10.2. The van der Waals surface area contributed by atoms with E-state index in [2.05, 4.69) is 12.2 Å². The van der Waals surface area contributed by atoms with Gasteiger partial charge in [0.1, 0.15) is 0 Å². The van der Waals surface area contributed by atoms with Crippen molar-refractivity contribution in [2.24, 2.45) is 0 Å². The summed E-state index contributed by atoms with van der Waals surface area (Å²) >= 11 is 0. The van der Waals surface area contributed by atoms with Crippen LogP contribution in [0.25, 0.3) is 0 Å². The summed E-state index contributed by atoms with van der Waals surface area (Å²) in [4.78, 5) is 13.5. The highest BCUT2D eigenvalue weighted by Crippen LogP contribution is 2.01. The molecule has 0 fully saturated rings. The molecule has 96 valence electrons. The molecule has 0 saturated heterocycles. The van der Waals surface area contributed by atoms with E-state index >= 15 is 0 Å². The Hall–Kier alpha value is -0.610. The number of carbonyl (C=O) groups is 1. The average Bonchev–Trinajstić information content (AvgIpc) is 2.30. The minimum absolute atomic E-state index is 0.0473. The summed E-state index contributed by atoms with van der Waals surface area (Å²) in [7, 11) is 0. The number of hydrogen-bond acceptors (Lipinski definition) is 3. The van der Waals surface area contributed by atoms with E-state index in [9.17, 15) is 4.79 Å². The van der Waals surface area contributed by atoms with E-state index in [-0.39, 0.29) is 12.5 Å². The first-order chi connectivity index (χ1) is 7.76. The number of carbonyl (C=O) groups excluding carboxylic acids is 1. The van der Waals surface area contributed by atoms with Crippen LogP contribution in [-0.2, 0) is 4.79 Å². The number of hydrogen-bond donors (Lipinski definition) is 2. The molecule has 0 saturated carbocycles. The van der Waals surface area contributed by atoms with Crippen molar-refractivity contribution in [3.63, 3.8) is 0 Å². The van der Waals surface area contributed by atoms with Gasteiger partial charge in [0.25, 0.3) is 0 Å². The lowest BCUT2D eigenvalue weighted by molar-refractivity contribution is -0.130. The third-order valence-corrected chi connectivity index (χ3v) is 2.53. The minimum Gasteiger partial charge on any atom is -0.395 e. The van der Waals surface area contributed by atoms with Crippen molar-refractivity contribution in [3.05, 3.63) is 0 Å². The van der Waals surface area contributed by atoms with Crippen LogP contribution in [0, 0.1) is 0 Å². The molecule has 0 heterocycles. The van der Waals surface area contributed by atoms with Crippen molar-refractivity contribution in [2.75, 3.05) is 32.8 Å². The topological polar surface area (TPSA) is 52.6 Å². The number of likely N-dealkylation sites (N-methyl/N-ethyl adjacent to an activating group) is 1. The summed E-state index contributed by atoms with van der Waals surface area (Å²) in [5.74, 6) is 0.0902. The van der Waals surface area contributed by atoms with Crippen LogP contribution in [0.4, 0.5) is 0 Å². The largest absolute Gasteiger partial charge is 0.395 e. The van der Waals surface area contributed by atoms with E-state index in [0.29, 0.717) is 13.1 Å². The van der Waals surface area contributed by atoms with Crippen LogP contribution in [0.1, 0.15) is 39.5 Å². The molecule has 0 atom stereocenters. The second kappa shape index (κ2) is 10.9. The molecule has 0 unspecified atom stereocenters. The maximum Gasteiger partial charge on any atom is 0.236 e. The Kier molecular flexibility index (Phi) is 10.5. The van der Waals surface area contributed by atoms with Crippen LogP contribution in [0.15, 0.2) is 0 Å². The van der Waals surface area contributed by atoms with E-state index in [4.69, 9.17) is 5.11 Å². The third-order valence-electron chi connectivity index (χ3n) is 2.53. The number of aliphatic hydroxyl groups excluding tert-OH is 1. The van der Waals surface area contributed by atoms with Crippen LogP contribution in [0.2, 0.25) is 0 Å². The van der Waals surface area contributed by atoms with Gasteiger partial charge in [0, 0.05) is 13.1 Å². The van der Waals surface area contributed by atoms with E-state index in [1.54, 1.807) is 4.90 Å². The fourth-order valence-corrected chi connectivity index (χ4v) is 1.56. The molecule has 0 aromatic carbocycles. The van der Waals surface area contributed by atoms with Gasteiger partial charge < -0.3 is 15.3 Å². The molecular formula is C12H26N2O2. The lowest BCUT2D eigenvalue weighted by Crippen LogP contribution is -2.40. The van der Waals surface area contributed by atoms with Crippen molar-refractivity contribution in [1.82, 2.24) is 10.2 Å². The van der Waals surface area contributed by atoms with Gasteiger partial charge >= 0.3 is 0 Å². The molecule has 4 nitrogen and oxygen atoms in total. The highest BCUT2D eigenvalue weighted by atomic mass is 16.3. The number of nitrogens with zero attached hydrogens (tertiary/aromatic N) is 1. The van der Waals surface area contributed by atoms with Gasteiger partial charge in [0.15, 0.2) is 0 Å². The number of nitrogens with one attached hydrogen (secondary N) is 1. The molecule has 0 aromatic rings. The number of unbranched alkanes of at least 4 members (excludes halogenated alkanes) is 3. The van der Waals surface area contributed by atoms with Crippen molar-refractivity contribution < 1.29 is 9.90 Å². The maximum absolute atomic E-state index is 11.7. The number of amides is 1. The van der Waals surface area contributed by atoms with Gasteiger partial charge in [0.2, 0.25) is 5.91 Å². The Morgan fingerprint density at radius 3 is 2.50 bits per heavy atom. The molecule has 4 heteroatoms. The van der Waals surface area contributed by atoms with E-state index in [1.807, 2.05) is 6.92 Å². The van der Waals surface area contributed by atoms with Crippen molar-refractivity contribution in [2.45, 2.75) is 39.5 Å². The SMILES string of the molecule is CCCCCCN(CCO)C(=O)CNCC. The van der Waals surface area contributed by atoms with Crippen molar-refractivity contribution in [1.29, 1.82) is 0 Å². The highest BCUT2D eigenvalue weighted by Gasteiger charge is 2.11. The molecule has 1 amide bonds. The molecule has 0 rings (SSSR count). The minimum atomic E-state index is 0.0473. The molecule has 16 heavy (non-hydrogen) atoms. The second-order valence-corrected chi connectivity index (χ2v) is 3.95. The van der Waals surface area contributed by atoms with Gasteiger partial charge in [-0.3, -0.25) is 4.79 Å². The van der Waals surface area contributed by atoms with Crippen LogP contribution in [0.3, 0.4) is 0 Å². The van der Waals surface area contributed by atoms with Gasteiger partial charge in [-0.05, 0) is 13.0 Å². The smallest absolute Gasteiger partial charge is 0.236 e. The van der Waals surface area contributed by atoms with Crippen LogP contribution in [-0.4, -0.2) is 48.7 Å². The Morgan fingerprint density at radius 2 is 1.94 bits per heavy atom. The summed E-state index contributed by atoms with van der Waals surface area (Å²) in [6, 6.07) is 0. The molecule has 0 spiro atoms. The summed E-state index contributed by atoms with van der Waals surface area (Å²) in [6.07, 6.45) is 4.61. The Labute approximate surface area is 99.0 Å². The summed E-state index contributed by atoms with van der Waals surface area (Å²) in [5.41, 5.74) is 0. The molecule has 0 aliphatic heterocycles. The zero-order chi connectivity index (χ0) is 12.2. The summed E-state index contributed by atoms with van der Waals surface area (Å²) < 4.78 is 0. The first-order valence-corrected chi connectivity index (χ1v) is 6.35. The first-order valence-electron chi connectivity index (χ1n) is 6.35. The van der Waals surface area contributed by atoms with Crippen LogP contribution >= 0.6 is 0 Å². The van der Waals surface area contributed by atoms with Gasteiger partial charge in [-0.15, -0.1) is 0 Å². The zero-order valence-corrected chi connectivity index (χ0v) is 10.7. The Bertz CT molecular complexity index is 174. The molecule has 2 N–H and O–H groups in total. The first kappa shape index (κ1) is 15.4. The predicted molar refractivity (Wildman–Crippen MR) is 66.4 cm³/mol. The monoisotopic (exact) mass is 230 g/mol. The highest BCUT2D eigenvalue weighted by molar-refractivity contribution is 5.78. The molecule has 0 aliphatic rings. The van der Waals surface area contributed by atoms with E-state index in [0.717, 1.165) is 25.9 Å². The lowest BCUT2D eigenvalue weighted by Gasteiger charge is -2.21. The number of rotatable bonds is 10. The van der Waals surface area contributed by atoms with Crippen molar-refractivity contribution >= 4 is 5.91 Å². The fourth-order valence-electron chi connectivity index (χ4n) is 1.56. The molecule has 0 bridgehead atoms. The Balaban J connectivity index is 3.80. The quantitative estimate of drug-likeness (QED) is 0.550. The summed E-state index contributed by atoms with van der Waals surface area (Å²) in [6.45, 7) is 6.60. The van der Waals surface area contributed by atoms with Gasteiger partial charge in [-0.1, -0.05) is 33.1 Å². The number of aliphatic hydroxyl groups is 1. The second-order valence-electron chi connectivity index (χ2n) is 3.95. The summed E-state index contributed by atoms with van der Waals surface area (Å²) in [5, 5.41) is 11.9. The molecule has 0 aromatic heterocycles. The van der Waals surface area contributed by atoms with Gasteiger partial charge in [-0.25, -0.2) is 0 Å².